The molecular formula is C16H24N2O. The summed E-state index contributed by atoms with van der Waals surface area (Å²) < 4.78 is 0. The van der Waals surface area contributed by atoms with Crippen molar-refractivity contribution in [3.05, 3.63) is 35.4 Å². The largest absolute Gasteiger partial charge is 0.336 e. The Hall–Kier alpha value is -1.35. The number of amides is 1. The highest BCUT2D eigenvalue weighted by molar-refractivity contribution is 5.96. The maximum absolute atomic E-state index is 12.7. The summed E-state index contributed by atoms with van der Waals surface area (Å²) >= 11 is 0. The first-order chi connectivity index (χ1) is 8.89. The number of nitrogens with zero attached hydrogens (tertiary/aromatic N) is 1. The van der Waals surface area contributed by atoms with Gasteiger partial charge in [-0.2, -0.15) is 0 Å². The molecule has 3 heteroatoms. The molecule has 1 fully saturated rings. The first-order valence-corrected chi connectivity index (χ1v) is 7.02. The van der Waals surface area contributed by atoms with E-state index in [9.17, 15) is 4.79 Å². The second kappa shape index (κ2) is 5.33. The van der Waals surface area contributed by atoms with Crippen LogP contribution < -0.4 is 5.32 Å². The molecule has 1 aromatic rings. The molecule has 1 atom stereocenters. The van der Waals surface area contributed by atoms with E-state index in [0.29, 0.717) is 6.04 Å². The molecule has 0 unspecified atom stereocenters. The topological polar surface area (TPSA) is 32.3 Å². The Morgan fingerprint density at radius 1 is 1.32 bits per heavy atom. The van der Waals surface area contributed by atoms with Crippen molar-refractivity contribution in [2.45, 2.75) is 39.2 Å². The number of nitrogens with one attached hydrogen (secondary N) is 1. The number of rotatable bonds is 1. The molecule has 0 saturated carbocycles. The van der Waals surface area contributed by atoms with Crippen molar-refractivity contribution in [1.82, 2.24) is 10.2 Å². The van der Waals surface area contributed by atoms with E-state index < -0.39 is 0 Å². The fraction of sp³-hybridized carbons (Fsp3) is 0.562. The molecule has 0 spiro atoms. The second-order valence-electron chi connectivity index (χ2n) is 6.40. The van der Waals surface area contributed by atoms with E-state index in [4.69, 9.17) is 0 Å². The molecule has 104 valence electrons. The van der Waals surface area contributed by atoms with Gasteiger partial charge in [0, 0.05) is 31.2 Å². The van der Waals surface area contributed by atoms with Crippen molar-refractivity contribution in [3.8, 4) is 0 Å². The van der Waals surface area contributed by atoms with Gasteiger partial charge in [-0.3, -0.25) is 4.79 Å². The zero-order valence-electron chi connectivity index (χ0n) is 12.4. The number of piperazine rings is 1. The van der Waals surface area contributed by atoms with Crippen LogP contribution in [0.5, 0.6) is 0 Å². The highest BCUT2D eigenvalue weighted by Gasteiger charge is 2.26. The van der Waals surface area contributed by atoms with E-state index in [1.807, 2.05) is 23.1 Å². The highest BCUT2D eigenvalue weighted by atomic mass is 16.2. The molecule has 2 rings (SSSR count). The van der Waals surface area contributed by atoms with Gasteiger partial charge < -0.3 is 10.2 Å². The number of benzene rings is 1. The summed E-state index contributed by atoms with van der Waals surface area (Å²) in [5.74, 6) is 0.166. The van der Waals surface area contributed by atoms with E-state index in [1.54, 1.807) is 0 Å². The van der Waals surface area contributed by atoms with Crippen LogP contribution in [0, 0.1) is 0 Å². The molecule has 1 aliphatic rings. The van der Waals surface area contributed by atoms with E-state index >= 15 is 0 Å². The summed E-state index contributed by atoms with van der Waals surface area (Å²) in [5.41, 5.74) is 1.97. The first-order valence-electron chi connectivity index (χ1n) is 7.02. The summed E-state index contributed by atoms with van der Waals surface area (Å²) in [6.07, 6.45) is 0. The van der Waals surface area contributed by atoms with E-state index in [0.717, 1.165) is 30.8 Å². The van der Waals surface area contributed by atoms with Gasteiger partial charge in [0.1, 0.15) is 0 Å². The lowest BCUT2D eigenvalue weighted by molar-refractivity contribution is 0.0706. The van der Waals surface area contributed by atoms with Gasteiger partial charge in [0.05, 0.1) is 0 Å². The number of carbonyl (C=O) groups is 1. The predicted octanol–water partition coefficient (Wildman–Crippen LogP) is 2.42. The van der Waals surface area contributed by atoms with Gasteiger partial charge in [-0.15, -0.1) is 0 Å². The molecule has 0 radical (unpaired) electrons. The average molecular weight is 260 g/mol. The van der Waals surface area contributed by atoms with E-state index in [2.05, 4.69) is 39.1 Å². The quantitative estimate of drug-likeness (QED) is 0.841. The molecule has 1 N–H and O–H groups in total. The van der Waals surface area contributed by atoms with Crippen LogP contribution in [-0.2, 0) is 5.41 Å². The van der Waals surface area contributed by atoms with Crippen molar-refractivity contribution in [2.24, 2.45) is 0 Å². The lowest BCUT2D eigenvalue weighted by Crippen LogP contribution is -2.51. The lowest BCUT2D eigenvalue weighted by atomic mass is 9.83. The Balaban J connectivity index is 2.29. The minimum absolute atomic E-state index is 0.00803. The molecule has 19 heavy (non-hydrogen) atoms. The molecule has 1 amide bonds. The molecular weight excluding hydrogens is 236 g/mol. The van der Waals surface area contributed by atoms with Gasteiger partial charge in [-0.25, -0.2) is 0 Å². The molecule has 0 aromatic heterocycles. The number of hydrogen-bond donors (Lipinski definition) is 1. The molecule has 1 aliphatic heterocycles. The van der Waals surface area contributed by atoms with Crippen LogP contribution in [0.2, 0.25) is 0 Å². The number of carbonyl (C=O) groups excluding carboxylic acids is 1. The third kappa shape index (κ3) is 3.16. The van der Waals surface area contributed by atoms with Crippen LogP contribution in [0.15, 0.2) is 24.3 Å². The summed E-state index contributed by atoms with van der Waals surface area (Å²) in [6.45, 7) is 11.0. The van der Waals surface area contributed by atoms with Crippen molar-refractivity contribution < 1.29 is 4.79 Å². The molecule has 1 saturated heterocycles. The minimum Gasteiger partial charge on any atom is -0.336 e. The van der Waals surface area contributed by atoms with Gasteiger partial charge >= 0.3 is 0 Å². The van der Waals surface area contributed by atoms with Gasteiger partial charge in [0.15, 0.2) is 0 Å². The van der Waals surface area contributed by atoms with Crippen LogP contribution >= 0.6 is 0 Å². The van der Waals surface area contributed by atoms with Crippen molar-refractivity contribution in [1.29, 1.82) is 0 Å². The third-order valence-corrected chi connectivity index (χ3v) is 3.62. The fourth-order valence-corrected chi connectivity index (χ4v) is 2.61. The van der Waals surface area contributed by atoms with Crippen LogP contribution in [0.4, 0.5) is 0 Å². The highest BCUT2D eigenvalue weighted by Crippen LogP contribution is 2.26. The zero-order chi connectivity index (χ0) is 14.0. The summed E-state index contributed by atoms with van der Waals surface area (Å²) in [5, 5.41) is 3.37. The number of hydrogen-bond acceptors (Lipinski definition) is 2. The first kappa shape index (κ1) is 14.1. The molecule has 0 bridgehead atoms. The Morgan fingerprint density at radius 3 is 2.63 bits per heavy atom. The van der Waals surface area contributed by atoms with E-state index in [-0.39, 0.29) is 11.3 Å². The van der Waals surface area contributed by atoms with Gasteiger partial charge in [0.2, 0.25) is 0 Å². The Kier molecular flexibility index (Phi) is 3.95. The normalized spacial score (nSPS) is 20.4. The lowest BCUT2D eigenvalue weighted by Gasteiger charge is -2.33. The molecule has 1 aromatic carbocycles. The van der Waals surface area contributed by atoms with Crippen molar-refractivity contribution >= 4 is 5.91 Å². The van der Waals surface area contributed by atoms with Gasteiger partial charge in [0.25, 0.3) is 5.91 Å². The second-order valence-corrected chi connectivity index (χ2v) is 6.40. The van der Waals surface area contributed by atoms with Crippen molar-refractivity contribution in [3.63, 3.8) is 0 Å². The Bertz CT molecular complexity index is 462. The third-order valence-electron chi connectivity index (χ3n) is 3.62. The standard InChI is InChI=1S/C16H24N2O/c1-12-11-18(10-9-17-12)15(19)13-7-5-6-8-14(13)16(2,3)4/h5-8,12,17H,9-11H2,1-4H3/t12-/m0/s1. The maximum atomic E-state index is 12.7. The molecule has 1 heterocycles. The maximum Gasteiger partial charge on any atom is 0.254 e. The SMILES string of the molecule is C[C@H]1CN(C(=O)c2ccccc2C(C)(C)C)CCN1. The predicted molar refractivity (Wildman–Crippen MR) is 78.5 cm³/mol. The summed E-state index contributed by atoms with van der Waals surface area (Å²) in [4.78, 5) is 14.7. The van der Waals surface area contributed by atoms with Gasteiger partial charge in [-0.1, -0.05) is 39.0 Å². The monoisotopic (exact) mass is 260 g/mol. The smallest absolute Gasteiger partial charge is 0.254 e. The van der Waals surface area contributed by atoms with Gasteiger partial charge in [-0.05, 0) is 24.0 Å². The fourth-order valence-electron chi connectivity index (χ4n) is 2.61. The van der Waals surface area contributed by atoms with Crippen LogP contribution in [0.1, 0.15) is 43.6 Å². The minimum atomic E-state index is -0.00803. The Labute approximate surface area is 116 Å². The molecule has 0 aliphatic carbocycles. The molecule has 3 nitrogen and oxygen atoms in total. The van der Waals surface area contributed by atoms with E-state index in [1.165, 1.54) is 0 Å². The van der Waals surface area contributed by atoms with Crippen LogP contribution in [0.3, 0.4) is 0 Å². The average Bonchev–Trinajstić information content (AvgIpc) is 2.37. The summed E-state index contributed by atoms with van der Waals surface area (Å²) in [7, 11) is 0. The summed E-state index contributed by atoms with van der Waals surface area (Å²) in [6, 6.07) is 8.36. The van der Waals surface area contributed by atoms with Crippen molar-refractivity contribution in [2.75, 3.05) is 19.6 Å². The van der Waals surface area contributed by atoms with Crippen LogP contribution in [-0.4, -0.2) is 36.5 Å². The van der Waals surface area contributed by atoms with Crippen LogP contribution in [0.25, 0.3) is 0 Å². The Morgan fingerprint density at radius 2 is 2.00 bits per heavy atom. The zero-order valence-corrected chi connectivity index (χ0v) is 12.4.